The van der Waals surface area contributed by atoms with Crippen molar-refractivity contribution in [2.75, 3.05) is 0 Å². The third kappa shape index (κ3) is 4.75. The van der Waals surface area contributed by atoms with Gasteiger partial charge in [-0.15, -0.1) is 0 Å². The van der Waals surface area contributed by atoms with Gasteiger partial charge in [-0.05, 0) is 33.6 Å². The number of aldehydes is 1. The molecule has 98 valence electrons. The van der Waals surface area contributed by atoms with Crippen molar-refractivity contribution in [1.29, 1.82) is 0 Å². The number of carbonyl (C=O) groups is 2. The molecule has 1 saturated carbocycles. The SMILES string of the molecule is CC(C)(C)OC(=O)NC1(C=O)CCCCCC1. The van der Waals surface area contributed by atoms with E-state index in [1.807, 2.05) is 20.8 Å². The highest BCUT2D eigenvalue weighted by atomic mass is 16.6. The van der Waals surface area contributed by atoms with Crippen molar-refractivity contribution in [2.45, 2.75) is 70.4 Å². The first-order valence-electron chi connectivity index (χ1n) is 6.34. The first-order chi connectivity index (χ1) is 7.87. The third-order valence-corrected chi connectivity index (χ3v) is 2.97. The van der Waals surface area contributed by atoms with Crippen LogP contribution in [0.1, 0.15) is 59.3 Å². The lowest BCUT2D eigenvalue weighted by Gasteiger charge is -2.29. The summed E-state index contributed by atoms with van der Waals surface area (Å²) >= 11 is 0. The second kappa shape index (κ2) is 5.52. The average molecular weight is 241 g/mol. The van der Waals surface area contributed by atoms with Gasteiger partial charge < -0.3 is 14.8 Å². The van der Waals surface area contributed by atoms with Crippen LogP contribution in [0, 0.1) is 0 Å². The predicted octanol–water partition coefficient (Wildman–Crippen LogP) is 2.80. The Labute approximate surface area is 103 Å². The molecule has 0 atom stereocenters. The number of nitrogens with one attached hydrogen (secondary N) is 1. The Morgan fingerprint density at radius 3 is 2.12 bits per heavy atom. The van der Waals surface area contributed by atoms with E-state index in [1.54, 1.807) is 0 Å². The standard InChI is InChI=1S/C13H23NO3/c1-12(2,3)17-11(16)14-13(10-15)8-6-4-5-7-9-13/h10H,4-9H2,1-3H3,(H,14,16). The molecule has 0 aromatic carbocycles. The van der Waals surface area contributed by atoms with Crippen molar-refractivity contribution in [3.63, 3.8) is 0 Å². The zero-order chi connectivity index (χ0) is 12.9. The topological polar surface area (TPSA) is 55.4 Å². The molecule has 4 nitrogen and oxygen atoms in total. The average Bonchev–Trinajstić information content (AvgIpc) is 2.41. The molecule has 0 bridgehead atoms. The Hall–Kier alpha value is -1.06. The summed E-state index contributed by atoms with van der Waals surface area (Å²) < 4.78 is 5.20. The molecule has 1 aliphatic carbocycles. The minimum atomic E-state index is -0.709. The normalized spacial score (nSPS) is 20.2. The predicted molar refractivity (Wildman–Crippen MR) is 65.9 cm³/mol. The van der Waals surface area contributed by atoms with Crippen molar-refractivity contribution in [1.82, 2.24) is 5.32 Å². The smallest absolute Gasteiger partial charge is 0.408 e. The van der Waals surface area contributed by atoms with Crippen molar-refractivity contribution in [2.24, 2.45) is 0 Å². The molecule has 1 fully saturated rings. The van der Waals surface area contributed by atoms with E-state index in [0.29, 0.717) is 0 Å². The molecule has 0 aromatic rings. The van der Waals surface area contributed by atoms with E-state index in [0.717, 1.165) is 44.8 Å². The summed E-state index contributed by atoms with van der Waals surface area (Å²) in [7, 11) is 0. The fourth-order valence-electron chi connectivity index (χ4n) is 2.14. The van der Waals surface area contributed by atoms with Crippen molar-refractivity contribution in [3.8, 4) is 0 Å². The maximum Gasteiger partial charge on any atom is 0.408 e. The number of hydrogen-bond donors (Lipinski definition) is 1. The van der Waals surface area contributed by atoms with Gasteiger partial charge in [0.2, 0.25) is 0 Å². The molecule has 17 heavy (non-hydrogen) atoms. The quantitative estimate of drug-likeness (QED) is 0.597. The highest BCUT2D eigenvalue weighted by Gasteiger charge is 2.33. The molecule has 4 heteroatoms. The zero-order valence-electron chi connectivity index (χ0n) is 11.0. The van der Waals surface area contributed by atoms with Crippen LogP contribution in [0.4, 0.5) is 4.79 Å². The van der Waals surface area contributed by atoms with Gasteiger partial charge in [0.25, 0.3) is 0 Å². The van der Waals surface area contributed by atoms with E-state index in [9.17, 15) is 9.59 Å². The molecule has 0 radical (unpaired) electrons. The van der Waals surface area contributed by atoms with Crippen molar-refractivity contribution < 1.29 is 14.3 Å². The third-order valence-electron chi connectivity index (χ3n) is 2.97. The second-order valence-electron chi connectivity index (χ2n) is 5.82. The van der Waals surface area contributed by atoms with Crippen LogP contribution in [0.25, 0.3) is 0 Å². The monoisotopic (exact) mass is 241 g/mol. The molecule has 1 amide bonds. The maximum atomic E-state index is 11.7. The van der Waals surface area contributed by atoms with E-state index < -0.39 is 17.2 Å². The van der Waals surface area contributed by atoms with Gasteiger partial charge in [-0.3, -0.25) is 0 Å². The number of hydrogen-bond acceptors (Lipinski definition) is 3. The number of rotatable bonds is 2. The van der Waals surface area contributed by atoms with Gasteiger partial charge in [0.1, 0.15) is 11.9 Å². The molecule has 0 saturated heterocycles. The van der Waals surface area contributed by atoms with Gasteiger partial charge in [-0.25, -0.2) is 4.79 Å². The Morgan fingerprint density at radius 1 is 1.18 bits per heavy atom. The molecule has 0 spiro atoms. The lowest BCUT2D eigenvalue weighted by Crippen LogP contribution is -2.51. The van der Waals surface area contributed by atoms with Gasteiger partial charge in [-0.1, -0.05) is 25.7 Å². The van der Waals surface area contributed by atoms with Crippen LogP contribution in [-0.4, -0.2) is 23.5 Å². The summed E-state index contributed by atoms with van der Waals surface area (Å²) in [6.45, 7) is 5.44. The second-order valence-corrected chi connectivity index (χ2v) is 5.82. The zero-order valence-corrected chi connectivity index (χ0v) is 11.0. The molecule has 1 N–H and O–H groups in total. The molecule has 0 heterocycles. The largest absolute Gasteiger partial charge is 0.444 e. The fourth-order valence-corrected chi connectivity index (χ4v) is 2.14. The molecule has 1 rings (SSSR count). The molecule has 1 aliphatic rings. The van der Waals surface area contributed by atoms with E-state index in [4.69, 9.17) is 4.74 Å². The highest BCUT2D eigenvalue weighted by molar-refractivity contribution is 5.76. The van der Waals surface area contributed by atoms with Gasteiger partial charge in [-0.2, -0.15) is 0 Å². The molecule has 0 unspecified atom stereocenters. The minimum absolute atomic E-state index is 0.494. The summed E-state index contributed by atoms with van der Waals surface area (Å²) in [4.78, 5) is 23.0. The summed E-state index contributed by atoms with van der Waals surface area (Å²) in [6.07, 6.45) is 6.04. The Balaban J connectivity index is 2.61. The Kier molecular flexibility index (Phi) is 4.54. The molecular formula is C13H23NO3. The summed E-state index contributed by atoms with van der Waals surface area (Å²) in [5.41, 5.74) is -1.24. The van der Waals surface area contributed by atoms with Gasteiger partial charge >= 0.3 is 6.09 Å². The van der Waals surface area contributed by atoms with E-state index >= 15 is 0 Å². The fraction of sp³-hybridized carbons (Fsp3) is 0.846. The van der Waals surface area contributed by atoms with Crippen LogP contribution < -0.4 is 5.32 Å². The first kappa shape index (κ1) is 14.0. The number of amides is 1. The van der Waals surface area contributed by atoms with Crippen molar-refractivity contribution >= 4 is 12.4 Å². The van der Waals surface area contributed by atoms with Gasteiger partial charge in [0.15, 0.2) is 0 Å². The lowest BCUT2D eigenvalue weighted by atomic mass is 9.92. The van der Waals surface area contributed by atoms with Crippen LogP contribution in [0.2, 0.25) is 0 Å². The van der Waals surface area contributed by atoms with E-state index in [1.165, 1.54) is 0 Å². The molecule has 0 aliphatic heterocycles. The summed E-state index contributed by atoms with van der Waals surface area (Å²) in [5.74, 6) is 0. The number of carbonyl (C=O) groups excluding carboxylic acids is 2. The first-order valence-corrected chi connectivity index (χ1v) is 6.34. The van der Waals surface area contributed by atoms with Crippen LogP contribution in [0.5, 0.6) is 0 Å². The maximum absolute atomic E-state index is 11.7. The summed E-state index contributed by atoms with van der Waals surface area (Å²) in [5, 5.41) is 2.75. The minimum Gasteiger partial charge on any atom is -0.444 e. The van der Waals surface area contributed by atoms with E-state index in [2.05, 4.69) is 5.32 Å². The number of ether oxygens (including phenoxy) is 1. The van der Waals surface area contributed by atoms with E-state index in [-0.39, 0.29) is 0 Å². The number of alkyl carbamates (subject to hydrolysis) is 1. The molecular weight excluding hydrogens is 218 g/mol. The highest BCUT2D eigenvalue weighted by Crippen LogP contribution is 2.25. The van der Waals surface area contributed by atoms with Crippen LogP contribution in [0.15, 0.2) is 0 Å². The Bertz CT molecular complexity index is 273. The van der Waals surface area contributed by atoms with Gasteiger partial charge in [0, 0.05) is 0 Å². The lowest BCUT2D eigenvalue weighted by molar-refractivity contribution is -0.114. The van der Waals surface area contributed by atoms with Gasteiger partial charge in [0.05, 0.1) is 5.54 Å². The van der Waals surface area contributed by atoms with Crippen LogP contribution in [0.3, 0.4) is 0 Å². The Morgan fingerprint density at radius 2 is 1.71 bits per heavy atom. The molecule has 0 aromatic heterocycles. The van der Waals surface area contributed by atoms with Crippen molar-refractivity contribution in [3.05, 3.63) is 0 Å². The van der Waals surface area contributed by atoms with Crippen LogP contribution in [-0.2, 0) is 9.53 Å². The summed E-state index contributed by atoms with van der Waals surface area (Å²) in [6, 6.07) is 0. The van der Waals surface area contributed by atoms with Crippen LogP contribution >= 0.6 is 0 Å².